The van der Waals surface area contributed by atoms with Gasteiger partial charge in [0.2, 0.25) is 12.0 Å². The van der Waals surface area contributed by atoms with Crippen LogP contribution in [0.3, 0.4) is 0 Å². The van der Waals surface area contributed by atoms with Crippen LogP contribution in [0.5, 0.6) is 0 Å². The third-order valence-electron chi connectivity index (χ3n) is 1.48. The van der Waals surface area contributed by atoms with Gasteiger partial charge >= 0.3 is 0 Å². The standard InChI is InChI=1S/C8H7FN2O/c1-6(11-5-12)7-3-2-4-10-8(7)9/h2-4,6H,1H3. The minimum absolute atomic E-state index is 0.306. The Balaban J connectivity index is 3.02. The van der Waals surface area contributed by atoms with Gasteiger partial charge in [0.1, 0.15) is 0 Å². The highest BCUT2D eigenvalue weighted by molar-refractivity contribution is 5.35. The Bertz CT molecular complexity index is 321. The van der Waals surface area contributed by atoms with Crippen LogP contribution in [-0.2, 0) is 4.79 Å². The summed E-state index contributed by atoms with van der Waals surface area (Å²) in [6.07, 6.45) is 2.72. The highest BCUT2D eigenvalue weighted by Gasteiger charge is 2.08. The number of aliphatic imine (C=N–C) groups is 1. The predicted molar refractivity (Wildman–Crippen MR) is 40.7 cm³/mol. The van der Waals surface area contributed by atoms with Gasteiger partial charge < -0.3 is 0 Å². The molecular weight excluding hydrogens is 159 g/mol. The minimum Gasteiger partial charge on any atom is -0.228 e. The maximum absolute atomic E-state index is 12.9. The lowest BCUT2D eigenvalue weighted by molar-refractivity contribution is 0.544. The van der Waals surface area contributed by atoms with Crippen molar-refractivity contribution < 1.29 is 9.18 Å². The number of aromatic nitrogens is 1. The highest BCUT2D eigenvalue weighted by atomic mass is 19.1. The first kappa shape index (κ1) is 8.56. The quantitative estimate of drug-likeness (QED) is 0.380. The summed E-state index contributed by atoms with van der Waals surface area (Å²) in [4.78, 5) is 16.7. The smallest absolute Gasteiger partial charge is 0.228 e. The molecule has 0 N–H and O–H groups in total. The molecule has 1 atom stereocenters. The van der Waals surface area contributed by atoms with E-state index in [0.29, 0.717) is 5.56 Å². The molecule has 0 spiro atoms. The van der Waals surface area contributed by atoms with Crippen molar-refractivity contribution in [3.05, 3.63) is 29.8 Å². The molecule has 0 saturated carbocycles. The number of isocyanates is 1. The van der Waals surface area contributed by atoms with Crippen molar-refractivity contribution in [1.82, 2.24) is 4.98 Å². The lowest BCUT2D eigenvalue weighted by Gasteiger charge is -2.03. The summed E-state index contributed by atoms with van der Waals surface area (Å²) in [5.41, 5.74) is 0.306. The van der Waals surface area contributed by atoms with Crippen molar-refractivity contribution in [1.29, 1.82) is 0 Å². The van der Waals surface area contributed by atoms with Crippen LogP contribution in [-0.4, -0.2) is 11.1 Å². The van der Waals surface area contributed by atoms with E-state index in [1.165, 1.54) is 18.3 Å². The Hall–Kier alpha value is -1.54. The van der Waals surface area contributed by atoms with Gasteiger partial charge in [0.25, 0.3) is 0 Å². The average Bonchev–Trinajstić information content (AvgIpc) is 2.05. The topological polar surface area (TPSA) is 42.3 Å². The van der Waals surface area contributed by atoms with Gasteiger partial charge in [-0.15, -0.1) is 0 Å². The third kappa shape index (κ3) is 1.74. The van der Waals surface area contributed by atoms with Gasteiger partial charge in [-0.25, -0.2) is 9.78 Å². The molecule has 1 heterocycles. The van der Waals surface area contributed by atoms with Crippen molar-refractivity contribution in [3.8, 4) is 0 Å². The van der Waals surface area contributed by atoms with Crippen LogP contribution in [0, 0.1) is 5.95 Å². The molecule has 0 amide bonds. The van der Waals surface area contributed by atoms with Crippen LogP contribution < -0.4 is 0 Å². The van der Waals surface area contributed by atoms with Gasteiger partial charge in [0.05, 0.1) is 6.04 Å². The van der Waals surface area contributed by atoms with Crippen LogP contribution >= 0.6 is 0 Å². The van der Waals surface area contributed by atoms with E-state index in [-0.39, 0.29) is 0 Å². The summed E-state index contributed by atoms with van der Waals surface area (Å²) < 4.78 is 12.9. The molecule has 0 aliphatic heterocycles. The first-order chi connectivity index (χ1) is 5.75. The molecule has 0 saturated heterocycles. The monoisotopic (exact) mass is 166 g/mol. The average molecular weight is 166 g/mol. The first-order valence-corrected chi connectivity index (χ1v) is 3.43. The number of hydrogen-bond donors (Lipinski definition) is 0. The van der Waals surface area contributed by atoms with Crippen LogP contribution in [0.25, 0.3) is 0 Å². The van der Waals surface area contributed by atoms with E-state index in [0.717, 1.165) is 0 Å². The molecule has 0 fully saturated rings. The Morgan fingerprint density at radius 2 is 2.50 bits per heavy atom. The summed E-state index contributed by atoms with van der Waals surface area (Å²) in [7, 11) is 0. The van der Waals surface area contributed by atoms with Crippen molar-refractivity contribution in [2.24, 2.45) is 4.99 Å². The molecule has 0 aliphatic rings. The fourth-order valence-electron chi connectivity index (χ4n) is 0.859. The van der Waals surface area contributed by atoms with E-state index < -0.39 is 12.0 Å². The molecular formula is C8H7FN2O. The van der Waals surface area contributed by atoms with Gasteiger partial charge in [0.15, 0.2) is 0 Å². The third-order valence-corrected chi connectivity index (χ3v) is 1.48. The van der Waals surface area contributed by atoms with Gasteiger partial charge in [0, 0.05) is 11.8 Å². The van der Waals surface area contributed by atoms with Crippen molar-refractivity contribution in [2.75, 3.05) is 0 Å². The van der Waals surface area contributed by atoms with Crippen molar-refractivity contribution in [3.63, 3.8) is 0 Å². The first-order valence-electron chi connectivity index (χ1n) is 3.43. The van der Waals surface area contributed by atoms with Crippen molar-refractivity contribution in [2.45, 2.75) is 13.0 Å². The molecule has 0 radical (unpaired) electrons. The fourth-order valence-corrected chi connectivity index (χ4v) is 0.859. The molecule has 1 aromatic heterocycles. The molecule has 1 unspecified atom stereocenters. The molecule has 12 heavy (non-hydrogen) atoms. The Labute approximate surface area is 69.0 Å². The normalized spacial score (nSPS) is 11.8. The van der Waals surface area contributed by atoms with Crippen LogP contribution in [0.1, 0.15) is 18.5 Å². The molecule has 0 aromatic carbocycles. The number of hydrogen-bond acceptors (Lipinski definition) is 3. The SMILES string of the molecule is CC(N=C=O)c1cccnc1F. The molecule has 0 bridgehead atoms. The zero-order chi connectivity index (χ0) is 8.97. The molecule has 1 rings (SSSR count). The number of carbonyl (C=O) groups excluding carboxylic acids is 1. The van der Waals surface area contributed by atoms with E-state index in [2.05, 4.69) is 9.98 Å². The Morgan fingerprint density at radius 3 is 3.08 bits per heavy atom. The summed E-state index contributed by atoms with van der Waals surface area (Å²) in [6, 6.07) is 2.61. The van der Waals surface area contributed by atoms with Gasteiger partial charge in [-0.2, -0.15) is 9.38 Å². The van der Waals surface area contributed by atoms with Gasteiger partial charge in [-0.05, 0) is 13.0 Å². The molecule has 3 nitrogen and oxygen atoms in total. The number of halogens is 1. The summed E-state index contributed by atoms with van der Waals surface area (Å²) in [5, 5.41) is 0. The summed E-state index contributed by atoms with van der Waals surface area (Å²) >= 11 is 0. The van der Waals surface area contributed by atoms with Crippen LogP contribution in [0.2, 0.25) is 0 Å². The second kappa shape index (κ2) is 3.74. The number of nitrogens with zero attached hydrogens (tertiary/aromatic N) is 2. The van der Waals surface area contributed by atoms with E-state index in [1.807, 2.05) is 0 Å². The minimum atomic E-state index is -0.594. The second-order valence-electron chi connectivity index (χ2n) is 2.28. The maximum atomic E-state index is 12.9. The molecule has 0 aliphatic carbocycles. The van der Waals surface area contributed by atoms with E-state index >= 15 is 0 Å². The fraction of sp³-hybridized carbons (Fsp3) is 0.250. The lowest BCUT2D eigenvalue weighted by Crippen LogP contribution is -1.95. The van der Waals surface area contributed by atoms with Gasteiger partial charge in [-0.3, -0.25) is 0 Å². The van der Waals surface area contributed by atoms with Crippen molar-refractivity contribution >= 4 is 6.08 Å². The van der Waals surface area contributed by atoms with Crippen LogP contribution in [0.15, 0.2) is 23.3 Å². The van der Waals surface area contributed by atoms with Crippen LogP contribution in [0.4, 0.5) is 4.39 Å². The summed E-state index contributed by atoms with van der Waals surface area (Å²) in [6.45, 7) is 1.60. The Morgan fingerprint density at radius 1 is 1.75 bits per heavy atom. The van der Waals surface area contributed by atoms with E-state index in [4.69, 9.17) is 0 Å². The largest absolute Gasteiger partial charge is 0.235 e. The zero-order valence-electron chi connectivity index (χ0n) is 6.49. The van der Waals surface area contributed by atoms with Gasteiger partial charge in [-0.1, -0.05) is 6.07 Å². The maximum Gasteiger partial charge on any atom is 0.235 e. The van der Waals surface area contributed by atoms with E-state index in [1.54, 1.807) is 13.0 Å². The number of rotatable bonds is 2. The highest BCUT2D eigenvalue weighted by Crippen LogP contribution is 2.16. The number of pyridine rings is 1. The predicted octanol–water partition coefficient (Wildman–Crippen LogP) is 1.62. The molecule has 4 heteroatoms. The zero-order valence-corrected chi connectivity index (χ0v) is 6.49. The Kier molecular flexibility index (Phi) is 2.66. The lowest BCUT2D eigenvalue weighted by atomic mass is 10.1. The molecule has 62 valence electrons. The summed E-state index contributed by atoms with van der Waals surface area (Å²) in [5.74, 6) is -0.594. The second-order valence-corrected chi connectivity index (χ2v) is 2.28. The molecule has 1 aromatic rings. The van der Waals surface area contributed by atoms with E-state index in [9.17, 15) is 9.18 Å².